The van der Waals surface area contributed by atoms with Gasteiger partial charge in [0.15, 0.2) is 0 Å². The molecule has 1 aromatic heterocycles. The predicted octanol–water partition coefficient (Wildman–Crippen LogP) is 3.20. The highest BCUT2D eigenvalue weighted by Crippen LogP contribution is 2.28. The lowest BCUT2D eigenvalue weighted by molar-refractivity contribution is 0.0698. The third-order valence-corrected chi connectivity index (χ3v) is 3.43. The SMILES string of the molecule is CC(Nc1c(N)cccc1C(=O)O)c1ccsc1. The van der Waals surface area contributed by atoms with E-state index in [4.69, 9.17) is 10.8 Å². The van der Waals surface area contributed by atoms with E-state index >= 15 is 0 Å². The molecule has 2 aromatic rings. The zero-order valence-corrected chi connectivity index (χ0v) is 10.7. The Morgan fingerprint density at radius 1 is 1.44 bits per heavy atom. The third kappa shape index (κ3) is 2.46. The molecule has 0 aliphatic heterocycles. The molecule has 1 atom stereocenters. The van der Waals surface area contributed by atoms with Crippen molar-refractivity contribution in [3.05, 3.63) is 46.2 Å². The highest BCUT2D eigenvalue weighted by atomic mass is 32.1. The maximum absolute atomic E-state index is 11.1. The molecule has 0 radical (unpaired) electrons. The minimum atomic E-state index is -0.984. The van der Waals surface area contributed by atoms with Crippen LogP contribution in [0.4, 0.5) is 11.4 Å². The van der Waals surface area contributed by atoms with Crippen LogP contribution in [0, 0.1) is 0 Å². The number of nitrogens with two attached hydrogens (primary N) is 1. The molecule has 0 aliphatic carbocycles. The van der Waals surface area contributed by atoms with Gasteiger partial charge in [-0.25, -0.2) is 4.79 Å². The number of nitrogens with one attached hydrogen (secondary N) is 1. The van der Waals surface area contributed by atoms with Crippen molar-refractivity contribution >= 4 is 28.7 Å². The number of thiophene rings is 1. The van der Waals surface area contributed by atoms with E-state index in [-0.39, 0.29) is 11.6 Å². The van der Waals surface area contributed by atoms with E-state index in [9.17, 15) is 4.79 Å². The van der Waals surface area contributed by atoms with Gasteiger partial charge in [-0.15, -0.1) is 0 Å². The van der Waals surface area contributed by atoms with Crippen molar-refractivity contribution in [1.82, 2.24) is 0 Å². The van der Waals surface area contributed by atoms with Crippen LogP contribution in [0.1, 0.15) is 28.9 Å². The van der Waals surface area contributed by atoms with Crippen LogP contribution in [0.3, 0.4) is 0 Å². The number of para-hydroxylation sites is 1. The van der Waals surface area contributed by atoms with E-state index in [2.05, 4.69) is 5.32 Å². The number of carboxylic acids is 1. The Labute approximate surface area is 109 Å². The molecular weight excluding hydrogens is 248 g/mol. The van der Waals surface area contributed by atoms with Gasteiger partial charge >= 0.3 is 5.97 Å². The molecule has 0 saturated carbocycles. The van der Waals surface area contributed by atoms with E-state index in [0.717, 1.165) is 5.56 Å². The van der Waals surface area contributed by atoms with Crippen molar-refractivity contribution in [2.45, 2.75) is 13.0 Å². The summed E-state index contributed by atoms with van der Waals surface area (Å²) >= 11 is 1.61. The quantitative estimate of drug-likeness (QED) is 0.740. The molecule has 0 bridgehead atoms. The molecule has 0 amide bonds. The largest absolute Gasteiger partial charge is 0.478 e. The Balaban J connectivity index is 2.31. The molecule has 4 nitrogen and oxygen atoms in total. The van der Waals surface area contributed by atoms with Gasteiger partial charge in [0, 0.05) is 6.04 Å². The molecule has 2 rings (SSSR count). The Bertz CT molecular complexity index is 552. The van der Waals surface area contributed by atoms with E-state index in [0.29, 0.717) is 11.4 Å². The number of carboxylic acid groups (broad SMARTS) is 1. The van der Waals surface area contributed by atoms with Gasteiger partial charge in [-0.1, -0.05) is 6.07 Å². The number of rotatable bonds is 4. The van der Waals surface area contributed by atoms with Crippen LogP contribution in [-0.4, -0.2) is 11.1 Å². The molecule has 18 heavy (non-hydrogen) atoms. The number of hydrogen-bond donors (Lipinski definition) is 3. The predicted molar refractivity (Wildman–Crippen MR) is 74.2 cm³/mol. The maximum Gasteiger partial charge on any atom is 0.337 e. The summed E-state index contributed by atoms with van der Waals surface area (Å²) in [5.74, 6) is -0.984. The lowest BCUT2D eigenvalue weighted by atomic mass is 10.1. The van der Waals surface area contributed by atoms with Gasteiger partial charge in [-0.3, -0.25) is 0 Å². The van der Waals surface area contributed by atoms with E-state index in [1.165, 1.54) is 0 Å². The fourth-order valence-electron chi connectivity index (χ4n) is 1.73. The zero-order chi connectivity index (χ0) is 13.1. The number of nitrogen functional groups attached to an aromatic ring is 1. The minimum Gasteiger partial charge on any atom is -0.478 e. The van der Waals surface area contributed by atoms with Crippen LogP contribution in [0.15, 0.2) is 35.0 Å². The lowest BCUT2D eigenvalue weighted by Gasteiger charge is -2.17. The van der Waals surface area contributed by atoms with Crippen molar-refractivity contribution < 1.29 is 9.90 Å². The summed E-state index contributed by atoms with van der Waals surface area (Å²) in [6.07, 6.45) is 0. The molecule has 94 valence electrons. The average Bonchev–Trinajstić information content (AvgIpc) is 2.85. The molecule has 0 fully saturated rings. The molecule has 5 heteroatoms. The topological polar surface area (TPSA) is 75.3 Å². The maximum atomic E-state index is 11.1. The van der Waals surface area contributed by atoms with Crippen molar-refractivity contribution in [2.75, 3.05) is 11.1 Å². The van der Waals surface area contributed by atoms with E-state index < -0.39 is 5.97 Å². The van der Waals surface area contributed by atoms with Crippen molar-refractivity contribution in [2.24, 2.45) is 0 Å². The van der Waals surface area contributed by atoms with Crippen LogP contribution in [0.25, 0.3) is 0 Å². The van der Waals surface area contributed by atoms with Gasteiger partial charge in [0.05, 0.1) is 16.9 Å². The van der Waals surface area contributed by atoms with Crippen LogP contribution in [0.5, 0.6) is 0 Å². The summed E-state index contributed by atoms with van der Waals surface area (Å²) in [6, 6.07) is 6.89. The van der Waals surface area contributed by atoms with E-state index in [1.807, 2.05) is 23.8 Å². The Morgan fingerprint density at radius 3 is 2.83 bits per heavy atom. The first-order chi connectivity index (χ1) is 8.59. The zero-order valence-electron chi connectivity index (χ0n) is 9.88. The van der Waals surface area contributed by atoms with Gasteiger partial charge in [-0.05, 0) is 41.4 Å². The normalized spacial score (nSPS) is 12.1. The summed E-state index contributed by atoms with van der Waals surface area (Å²) in [7, 11) is 0. The first-order valence-electron chi connectivity index (χ1n) is 5.50. The minimum absolute atomic E-state index is 0.0130. The van der Waals surface area contributed by atoms with E-state index in [1.54, 1.807) is 29.5 Å². The molecule has 1 unspecified atom stereocenters. The second-order valence-corrected chi connectivity index (χ2v) is 4.78. The van der Waals surface area contributed by atoms with Crippen molar-refractivity contribution in [1.29, 1.82) is 0 Å². The van der Waals surface area contributed by atoms with Gasteiger partial charge < -0.3 is 16.2 Å². The summed E-state index contributed by atoms with van der Waals surface area (Å²) in [6.45, 7) is 1.97. The molecule has 1 aromatic carbocycles. The van der Waals surface area contributed by atoms with Crippen LogP contribution in [0.2, 0.25) is 0 Å². The second kappa shape index (κ2) is 5.10. The summed E-state index contributed by atoms with van der Waals surface area (Å²) < 4.78 is 0. The molecule has 4 N–H and O–H groups in total. The fourth-order valence-corrected chi connectivity index (χ4v) is 2.48. The van der Waals surface area contributed by atoms with Crippen molar-refractivity contribution in [3.63, 3.8) is 0 Å². The molecule has 0 aliphatic rings. The first kappa shape index (κ1) is 12.4. The van der Waals surface area contributed by atoms with Gasteiger partial charge in [-0.2, -0.15) is 11.3 Å². The number of carbonyl (C=O) groups is 1. The van der Waals surface area contributed by atoms with Gasteiger partial charge in [0.2, 0.25) is 0 Å². The molecular formula is C13H14N2O2S. The average molecular weight is 262 g/mol. The summed E-state index contributed by atoms with van der Waals surface area (Å²) in [4.78, 5) is 11.1. The highest BCUT2D eigenvalue weighted by Gasteiger charge is 2.15. The summed E-state index contributed by atoms with van der Waals surface area (Å²) in [5, 5.41) is 16.3. The van der Waals surface area contributed by atoms with Crippen LogP contribution < -0.4 is 11.1 Å². The molecule has 0 saturated heterocycles. The first-order valence-corrected chi connectivity index (χ1v) is 6.44. The second-order valence-electron chi connectivity index (χ2n) is 4.00. The van der Waals surface area contributed by atoms with Crippen molar-refractivity contribution in [3.8, 4) is 0 Å². The van der Waals surface area contributed by atoms with Crippen LogP contribution in [-0.2, 0) is 0 Å². The standard InChI is InChI=1S/C13H14N2O2S/c1-8(9-5-6-18-7-9)15-12-10(13(16)17)3-2-4-11(12)14/h2-8,15H,14H2,1H3,(H,16,17). The Kier molecular flexibility index (Phi) is 3.53. The molecule has 0 spiro atoms. The number of benzene rings is 1. The smallest absolute Gasteiger partial charge is 0.337 e. The van der Waals surface area contributed by atoms with Gasteiger partial charge in [0.25, 0.3) is 0 Å². The number of aromatic carboxylic acids is 1. The fraction of sp³-hybridized carbons (Fsp3) is 0.154. The third-order valence-electron chi connectivity index (χ3n) is 2.73. The Hall–Kier alpha value is -2.01. The van der Waals surface area contributed by atoms with Gasteiger partial charge in [0.1, 0.15) is 0 Å². The number of anilines is 2. The highest BCUT2D eigenvalue weighted by molar-refractivity contribution is 7.08. The monoisotopic (exact) mass is 262 g/mol. The van der Waals surface area contributed by atoms with Crippen LogP contribution >= 0.6 is 11.3 Å². The molecule has 1 heterocycles. The number of hydrogen-bond acceptors (Lipinski definition) is 4. The Morgan fingerprint density at radius 2 is 2.22 bits per heavy atom. The summed E-state index contributed by atoms with van der Waals surface area (Å²) in [5.41, 5.74) is 8.06. The lowest BCUT2D eigenvalue weighted by Crippen LogP contribution is -2.12.